The monoisotopic (exact) mass is 255 g/mol. The van der Waals surface area contributed by atoms with E-state index in [0.717, 1.165) is 12.2 Å². The summed E-state index contributed by atoms with van der Waals surface area (Å²) in [6, 6.07) is 0. The van der Waals surface area contributed by atoms with Crippen LogP contribution in [0, 0.1) is 5.92 Å². The van der Waals surface area contributed by atoms with Gasteiger partial charge < -0.3 is 10.5 Å². The van der Waals surface area contributed by atoms with Gasteiger partial charge >= 0.3 is 0 Å². The minimum Gasteiger partial charge on any atom is -0.465 e. The molecular formula is C12H21N3OS. The highest BCUT2D eigenvalue weighted by Crippen LogP contribution is 2.31. The molecule has 17 heavy (non-hydrogen) atoms. The number of hydrogen-bond acceptors (Lipinski definition) is 5. The average molecular weight is 255 g/mol. The van der Waals surface area contributed by atoms with E-state index in [1.54, 1.807) is 0 Å². The predicted molar refractivity (Wildman–Crippen MR) is 69.4 cm³/mol. The second-order valence-corrected chi connectivity index (χ2v) is 6.43. The molecule has 0 amide bonds. The summed E-state index contributed by atoms with van der Waals surface area (Å²) in [4.78, 5) is 4.46. The number of ether oxygens (including phenoxy) is 1. The maximum absolute atomic E-state index is 5.92. The summed E-state index contributed by atoms with van der Waals surface area (Å²) in [5.74, 6) is 1.34. The molecule has 1 aromatic heterocycles. The molecule has 2 atom stereocenters. The van der Waals surface area contributed by atoms with Gasteiger partial charge in [0.25, 0.3) is 5.19 Å². The van der Waals surface area contributed by atoms with Crippen molar-refractivity contribution in [1.82, 2.24) is 9.36 Å². The van der Waals surface area contributed by atoms with Crippen LogP contribution in [0.2, 0.25) is 0 Å². The van der Waals surface area contributed by atoms with Crippen LogP contribution in [0.1, 0.15) is 45.9 Å². The van der Waals surface area contributed by atoms with Crippen molar-refractivity contribution in [3.63, 3.8) is 0 Å². The summed E-state index contributed by atoms with van der Waals surface area (Å²) in [6.07, 6.45) is 3.70. The Morgan fingerprint density at radius 3 is 2.76 bits per heavy atom. The first kappa shape index (κ1) is 12.8. The minimum atomic E-state index is -0.0128. The molecule has 2 rings (SSSR count). The summed E-state index contributed by atoms with van der Waals surface area (Å²) in [7, 11) is 0. The molecule has 1 fully saturated rings. The predicted octanol–water partition coefficient (Wildman–Crippen LogP) is 2.34. The van der Waals surface area contributed by atoms with Gasteiger partial charge in [-0.3, -0.25) is 0 Å². The van der Waals surface area contributed by atoms with Gasteiger partial charge in [0.05, 0.1) is 0 Å². The highest BCUT2D eigenvalue weighted by molar-refractivity contribution is 7.07. The van der Waals surface area contributed by atoms with Crippen LogP contribution < -0.4 is 10.5 Å². The molecule has 1 aromatic rings. The van der Waals surface area contributed by atoms with E-state index in [4.69, 9.17) is 10.5 Å². The lowest BCUT2D eigenvalue weighted by molar-refractivity contribution is 0.161. The lowest BCUT2D eigenvalue weighted by atomic mass is 9.96. The Bertz CT molecular complexity index is 372. The number of aromatic nitrogens is 2. The smallest absolute Gasteiger partial charge is 0.293 e. The molecule has 0 radical (unpaired) electrons. The zero-order chi connectivity index (χ0) is 12.5. The first-order chi connectivity index (χ1) is 8.00. The molecule has 0 aromatic carbocycles. The van der Waals surface area contributed by atoms with Crippen molar-refractivity contribution in [1.29, 1.82) is 0 Å². The lowest BCUT2D eigenvalue weighted by Crippen LogP contribution is -2.27. The van der Waals surface area contributed by atoms with Gasteiger partial charge in [-0.2, -0.15) is 9.36 Å². The topological polar surface area (TPSA) is 61.0 Å². The molecule has 1 aliphatic rings. The third kappa shape index (κ3) is 2.96. The van der Waals surface area contributed by atoms with Crippen LogP contribution in [-0.4, -0.2) is 22.0 Å². The number of nitrogens with two attached hydrogens (primary N) is 1. The van der Waals surface area contributed by atoms with Gasteiger partial charge in [-0.1, -0.05) is 20.8 Å². The van der Waals surface area contributed by atoms with Crippen molar-refractivity contribution in [2.75, 3.05) is 6.54 Å². The third-order valence-electron chi connectivity index (χ3n) is 3.22. The summed E-state index contributed by atoms with van der Waals surface area (Å²) in [5.41, 5.74) is 5.73. The molecule has 96 valence electrons. The number of nitrogens with zero attached hydrogens (tertiary/aromatic N) is 2. The first-order valence-corrected chi connectivity index (χ1v) is 6.99. The van der Waals surface area contributed by atoms with E-state index in [2.05, 4.69) is 30.1 Å². The van der Waals surface area contributed by atoms with Crippen molar-refractivity contribution in [2.45, 2.75) is 51.6 Å². The van der Waals surface area contributed by atoms with Crippen LogP contribution in [0.4, 0.5) is 0 Å². The van der Waals surface area contributed by atoms with E-state index >= 15 is 0 Å². The fourth-order valence-corrected chi connectivity index (χ4v) is 2.89. The Morgan fingerprint density at radius 2 is 2.18 bits per heavy atom. The van der Waals surface area contributed by atoms with E-state index < -0.39 is 0 Å². The Hall–Kier alpha value is -0.680. The molecule has 4 nitrogen and oxygen atoms in total. The van der Waals surface area contributed by atoms with E-state index in [0.29, 0.717) is 17.7 Å². The van der Waals surface area contributed by atoms with Gasteiger partial charge in [-0.05, 0) is 25.8 Å². The molecule has 0 aliphatic heterocycles. The Labute approximate surface area is 107 Å². The molecule has 5 heteroatoms. The van der Waals surface area contributed by atoms with Gasteiger partial charge in [-0.15, -0.1) is 0 Å². The maximum atomic E-state index is 5.92. The van der Waals surface area contributed by atoms with E-state index in [1.165, 1.54) is 24.4 Å². The standard InChI is InChI=1S/C12H21N3OS/c1-12(2,3)10-14-11(17-15-10)16-9-6-4-5-8(9)7-13/h8-9H,4-7,13H2,1-3H3. The zero-order valence-electron chi connectivity index (χ0n) is 10.8. The van der Waals surface area contributed by atoms with Crippen molar-refractivity contribution >= 4 is 11.5 Å². The molecule has 1 aliphatic carbocycles. The Balaban J connectivity index is 2.02. The van der Waals surface area contributed by atoms with Crippen LogP contribution in [0.15, 0.2) is 0 Å². The number of rotatable bonds is 3. The average Bonchev–Trinajstić information content (AvgIpc) is 2.86. The van der Waals surface area contributed by atoms with Crippen LogP contribution >= 0.6 is 11.5 Å². The third-order valence-corrected chi connectivity index (χ3v) is 3.83. The SMILES string of the molecule is CC(C)(C)c1nsc(OC2CCCC2CN)n1. The van der Waals surface area contributed by atoms with E-state index in [9.17, 15) is 0 Å². The molecule has 0 spiro atoms. The summed E-state index contributed by atoms with van der Waals surface area (Å²) >= 11 is 1.35. The fraction of sp³-hybridized carbons (Fsp3) is 0.833. The van der Waals surface area contributed by atoms with E-state index in [-0.39, 0.29) is 11.5 Å². The highest BCUT2D eigenvalue weighted by atomic mass is 32.1. The van der Waals surface area contributed by atoms with E-state index in [1.807, 2.05) is 0 Å². The van der Waals surface area contributed by atoms with Gasteiger partial charge in [0.2, 0.25) is 0 Å². The lowest BCUT2D eigenvalue weighted by Gasteiger charge is -2.17. The molecule has 0 saturated heterocycles. The normalized spacial score (nSPS) is 25.2. The highest BCUT2D eigenvalue weighted by Gasteiger charge is 2.29. The molecule has 2 N–H and O–H groups in total. The Morgan fingerprint density at radius 1 is 1.41 bits per heavy atom. The van der Waals surface area contributed by atoms with Crippen molar-refractivity contribution in [3.05, 3.63) is 5.82 Å². The second kappa shape index (κ2) is 4.90. The van der Waals surface area contributed by atoms with Gasteiger partial charge in [0.15, 0.2) is 5.82 Å². The first-order valence-electron chi connectivity index (χ1n) is 6.21. The van der Waals surface area contributed by atoms with Crippen LogP contribution in [-0.2, 0) is 5.41 Å². The van der Waals surface area contributed by atoms with Gasteiger partial charge in [0, 0.05) is 22.9 Å². The second-order valence-electron chi connectivity index (χ2n) is 5.72. The zero-order valence-corrected chi connectivity index (χ0v) is 11.6. The van der Waals surface area contributed by atoms with Crippen LogP contribution in [0.3, 0.4) is 0 Å². The van der Waals surface area contributed by atoms with Crippen LogP contribution in [0.25, 0.3) is 0 Å². The van der Waals surface area contributed by atoms with Gasteiger partial charge in [0.1, 0.15) is 6.10 Å². The molecule has 1 heterocycles. The summed E-state index contributed by atoms with van der Waals surface area (Å²) in [5, 5.41) is 0.695. The summed E-state index contributed by atoms with van der Waals surface area (Å²) in [6.45, 7) is 7.03. The largest absolute Gasteiger partial charge is 0.465 e. The maximum Gasteiger partial charge on any atom is 0.293 e. The van der Waals surface area contributed by atoms with Crippen molar-refractivity contribution in [3.8, 4) is 5.19 Å². The minimum absolute atomic E-state index is 0.0128. The summed E-state index contributed by atoms with van der Waals surface area (Å²) < 4.78 is 10.3. The van der Waals surface area contributed by atoms with Crippen molar-refractivity contribution < 1.29 is 4.74 Å². The fourth-order valence-electron chi connectivity index (χ4n) is 2.12. The molecule has 2 unspecified atom stereocenters. The quantitative estimate of drug-likeness (QED) is 0.900. The Kier molecular flexibility index (Phi) is 3.68. The van der Waals surface area contributed by atoms with Crippen LogP contribution in [0.5, 0.6) is 5.19 Å². The number of hydrogen-bond donors (Lipinski definition) is 1. The van der Waals surface area contributed by atoms with Crippen molar-refractivity contribution in [2.24, 2.45) is 11.7 Å². The molecule has 1 saturated carbocycles. The molecule has 0 bridgehead atoms. The molecular weight excluding hydrogens is 234 g/mol. The van der Waals surface area contributed by atoms with Gasteiger partial charge in [-0.25, -0.2) is 0 Å².